The lowest BCUT2D eigenvalue weighted by molar-refractivity contribution is 0.590. The molecular formula is C116H79BN4. The summed E-state index contributed by atoms with van der Waals surface area (Å²) in [5.41, 5.74) is 26.2. The van der Waals surface area contributed by atoms with Crippen LogP contribution < -0.4 is 26.2 Å². The van der Waals surface area contributed by atoms with Gasteiger partial charge in [-0.15, -0.1) is 0 Å². The van der Waals surface area contributed by atoms with Crippen molar-refractivity contribution in [2.24, 2.45) is 0 Å². The second-order valence-corrected chi connectivity index (χ2v) is 33.2. The lowest BCUT2D eigenvalue weighted by Gasteiger charge is -2.46. The van der Waals surface area contributed by atoms with Crippen LogP contribution in [0.1, 0.15) is 35.9 Å². The Bertz CT molecular complexity index is 8260. The lowest BCUT2D eigenvalue weighted by atomic mass is 9.33. The monoisotopic (exact) mass is 1550 g/mol. The van der Waals surface area contributed by atoms with E-state index in [1.165, 1.54) is 0 Å². The van der Waals surface area contributed by atoms with Crippen molar-refractivity contribution in [1.29, 1.82) is 0 Å². The number of hydrogen-bond acceptors (Lipinski definition) is 2. The van der Waals surface area contributed by atoms with E-state index >= 15 is 0 Å². The highest BCUT2D eigenvalue weighted by Crippen LogP contribution is 2.57. The van der Waals surface area contributed by atoms with E-state index in [9.17, 15) is 9.60 Å². The molecule has 0 aliphatic carbocycles. The third kappa shape index (κ3) is 11.1. The molecule has 24 rings (SSSR count). The molecule has 5 heteroatoms. The molecule has 0 bridgehead atoms. The Morgan fingerprint density at radius 3 is 1.35 bits per heavy atom. The smallest absolute Gasteiger partial charge is 0.252 e. The zero-order chi connectivity index (χ0) is 86.2. The molecule has 2 aliphatic rings. The minimum atomic E-state index is -0.578. The van der Waals surface area contributed by atoms with Crippen LogP contribution in [0.5, 0.6) is 0 Å². The van der Waals surface area contributed by atoms with Crippen molar-refractivity contribution >= 4 is 144 Å². The van der Waals surface area contributed by atoms with Gasteiger partial charge >= 0.3 is 0 Å². The largest absolute Gasteiger partial charge is 0.310 e. The maximum Gasteiger partial charge on any atom is 0.252 e. The van der Waals surface area contributed by atoms with Crippen LogP contribution in [0.2, 0.25) is 0 Å². The number of hydrogen-bond donors (Lipinski definition) is 0. The first kappa shape index (κ1) is 62.9. The number of benzene rings is 20. The van der Waals surface area contributed by atoms with Crippen molar-refractivity contribution in [3.63, 3.8) is 0 Å². The summed E-state index contributed by atoms with van der Waals surface area (Å²) in [6.45, 7) is 6.37. The summed E-state index contributed by atoms with van der Waals surface area (Å²) in [6, 6.07) is 136. The molecule has 566 valence electrons. The third-order valence-electron chi connectivity index (χ3n) is 25.4. The Labute approximate surface area is 713 Å². The molecule has 0 spiro atoms. The summed E-state index contributed by atoms with van der Waals surface area (Å²) in [4.78, 5) is 5.18. The molecule has 0 saturated carbocycles. The highest BCUT2D eigenvalue weighted by atomic mass is 15.2. The van der Waals surface area contributed by atoms with Crippen molar-refractivity contribution in [3.8, 4) is 89.3 Å². The third-order valence-corrected chi connectivity index (χ3v) is 25.4. The highest BCUT2D eigenvalue weighted by Gasteiger charge is 2.47. The van der Waals surface area contributed by atoms with Crippen LogP contribution in [0, 0.1) is 0 Å². The van der Waals surface area contributed by atoms with Crippen molar-refractivity contribution in [2.75, 3.05) is 9.80 Å². The lowest BCUT2D eigenvalue weighted by Crippen LogP contribution is -2.61. The summed E-state index contributed by atoms with van der Waals surface area (Å²) in [6.07, 6.45) is 0. The Morgan fingerprint density at radius 1 is 0.256 bits per heavy atom. The fourth-order valence-corrected chi connectivity index (χ4v) is 20.0. The van der Waals surface area contributed by atoms with Gasteiger partial charge in [0.1, 0.15) is 0 Å². The minimum absolute atomic E-state index is 0.0632. The first-order chi connectivity index (χ1) is 62.6. The molecule has 0 unspecified atom stereocenters. The fraction of sp³-hybridized carbons (Fsp3) is 0.0345. The molecule has 22 aromatic rings. The standard InChI is InChI=1S/C116H79BN4/c1-116(2,3)83-71-110-113-111(72-83)121(114-95(100-65-79-41-19-21-45-86(79)89-47-23-25-49-91(89)100)54-31-55-96(114)101-66-80-42-20-22-46-87(80)90-48-24-26-50-92(90)101)109-73-85(119-104-56-29-27-51-93(104)94-62-59-78(70-108(94)119)74-33-9-4-10-34-74)61-63-102(109)117(113)103-69-81(88-53-32-58-107-112(88)97-52-28-30-57-105(97)118(107)84-43-17-8-18-44-84)60-64-106(103)120(110)115-98(76-37-13-6-14-38-76)67-82(75-35-11-5-12-36-75)68-99(115)77-39-15-7-16-40-77/h4-73H,1-3H3/i27D,29D,51D,56D,59D,62D,70D. The molecule has 2 aliphatic heterocycles. The summed E-state index contributed by atoms with van der Waals surface area (Å²) < 4.78 is 74.5. The molecule has 0 N–H and O–H groups in total. The van der Waals surface area contributed by atoms with E-state index in [-0.39, 0.29) is 57.6 Å². The van der Waals surface area contributed by atoms with Crippen molar-refractivity contribution in [3.05, 3.63) is 430 Å². The van der Waals surface area contributed by atoms with E-state index in [4.69, 9.17) is 0 Å². The molecule has 4 heterocycles. The average Bonchev–Trinajstić information content (AvgIpc) is 0.710. The van der Waals surface area contributed by atoms with Gasteiger partial charge < -0.3 is 18.9 Å². The topological polar surface area (TPSA) is 16.3 Å². The number of anilines is 6. The predicted molar refractivity (Wildman–Crippen MR) is 516 cm³/mol. The Kier molecular flexibility index (Phi) is 14.4. The average molecular weight is 1550 g/mol. The molecule has 2 aromatic heterocycles. The Balaban J connectivity index is 0.907. The molecule has 0 amide bonds. The van der Waals surface area contributed by atoms with Crippen LogP contribution in [0.15, 0.2) is 424 Å². The second-order valence-electron chi connectivity index (χ2n) is 33.2. The number of rotatable bonds is 11. The first-order valence-corrected chi connectivity index (χ1v) is 41.7. The van der Waals surface area contributed by atoms with Gasteiger partial charge in [-0.2, -0.15) is 0 Å². The maximum atomic E-state index is 10.8. The Hall–Kier alpha value is -15.3. The number of para-hydroxylation sites is 4. The van der Waals surface area contributed by atoms with Crippen LogP contribution >= 0.6 is 0 Å². The number of fused-ring (bicyclic) bond motifs is 16. The van der Waals surface area contributed by atoms with Crippen LogP contribution in [0.25, 0.3) is 176 Å². The van der Waals surface area contributed by atoms with E-state index in [1.807, 2.05) is 34.9 Å². The SMILES string of the molecule is [2H]c1c([2H])c([2H])c2c(c1[2H])c1c([2H])c([2H])c(-c3ccccc3)c([2H])c1n2-c1ccc2c(c1)N(c1c(-c3cc4ccccc4c4ccccc34)cccc1-c1cc3ccccc3c3ccccc13)c1cc(C(C)(C)C)cc3c1B2c1cc(-c2cccc4c2c2ccccc2n4-c2ccccc2)ccc1N3c1c(-c2ccccc2)cc(-c2ccccc2)cc1-c1ccccc1. The summed E-state index contributed by atoms with van der Waals surface area (Å²) in [7, 11) is 0. The van der Waals surface area contributed by atoms with Gasteiger partial charge in [-0.3, -0.25) is 0 Å². The van der Waals surface area contributed by atoms with Crippen LogP contribution in [-0.2, 0) is 5.41 Å². The molecule has 20 aromatic carbocycles. The summed E-state index contributed by atoms with van der Waals surface area (Å²) in [5.74, 6) is 0. The van der Waals surface area contributed by atoms with E-state index in [0.717, 1.165) is 193 Å². The van der Waals surface area contributed by atoms with E-state index in [2.05, 4.69) is 387 Å². The molecular weight excluding hydrogens is 1460 g/mol. The predicted octanol–water partition coefficient (Wildman–Crippen LogP) is 29.5. The molecule has 0 radical (unpaired) electrons. The maximum absolute atomic E-state index is 10.8. The van der Waals surface area contributed by atoms with Gasteiger partial charge in [0, 0.05) is 77.9 Å². The molecule has 0 atom stereocenters. The van der Waals surface area contributed by atoms with Crippen LogP contribution in [0.4, 0.5) is 34.1 Å². The highest BCUT2D eigenvalue weighted by molar-refractivity contribution is 7.00. The molecule has 0 saturated heterocycles. The van der Waals surface area contributed by atoms with Crippen molar-refractivity contribution in [2.45, 2.75) is 26.2 Å². The number of nitrogens with zero attached hydrogens (tertiary/aromatic N) is 4. The van der Waals surface area contributed by atoms with E-state index in [1.54, 1.807) is 0 Å². The van der Waals surface area contributed by atoms with Gasteiger partial charge in [-0.05, 0) is 217 Å². The Morgan fingerprint density at radius 2 is 0.736 bits per heavy atom. The first-order valence-electron chi connectivity index (χ1n) is 45.2. The van der Waals surface area contributed by atoms with Gasteiger partial charge in [0.05, 0.1) is 43.0 Å². The normalized spacial score (nSPS) is 13.3. The zero-order valence-electron chi connectivity index (χ0n) is 73.7. The minimum Gasteiger partial charge on any atom is -0.310 e. The molecule has 4 nitrogen and oxygen atoms in total. The second kappa shape index (κ2) is 27.7. The number of aromatic nitrogens is 2. The quantitative estimate of drug-likeness (QED) is 0.0948. The van der Waals surface area contributed by atoms with E-state index < -0.39 is 24.2 Å². The van der Waals surface area contributed by atoms with Crippen LogP contribution in [0.3, 0.4) is 0 Å². The van der Waals surface area contributed by atoms with Gasteiger partial charge in [-0.1, -0.05) is 354 Å². The van der Waals surface area contributed by atoms with E-state index in [0.29, 0.717) is 11.3 Å². The zero-order valence-corrected chi connectivity index (χ0v) is 66.7. The van der Waals surface area contributed by atoms with Crippen LogP contribution in [-0.4, -0.2) is 15.8 Å². The fourth-order valence-electron chi connectivity index (χ4n) is 20.0. The van der Waals surface area contributed by atoms with Gasteiger partial charge in [-0.25, -0.2) is 0 Å². The molecule has 121 heavy (non-hydrogen) atoms. The molecule has 0 fully saturated rings. The van der Waals surface area contributed by atoms with Gasteiger partial charge in [0.15, 0.2) is 0 Å². The summed E-state index contributed by atoms with van der Waals surface area (Å²) >= 11 is 0. The van der Waals surface area contributed by atoms with Gasteiger partial charge in [0.2, 0.25) is 0 Å². The van der Waals surface area contributed by atoms with Gasteiger partial charge in [0.25, 0.3) is 6.71 Å². The van der Waals surface area contributed by atoms with Crippen molar-refractivity contribution < 1.29 is 9.60 Å². The van der Waals surface area contributed by atoms with Crippen molar-refractivity contribution in [1.82, 2.24) is 9.13 Å². The summed E-state index contributed by atoms with van der Waals surface area (Å²) in [5, 5.41) is 11.2.